The van der Waals surface area contributed by atoms with E-state index in [0.29, 0.717) is 0 Å². The predicted molar refractivity (Wildman–Crippen MR) is 75.1 cm³/mol. The maximum atomic E-state index is 6.15. The van der Waals surface area contributed by atoms with Crippen molar-refractivity contribution in [2.75, 3.05) is 0 Å². The van der Waals surface area contributed by atoms with Gasteiger partial charge in [-0.3, -0.25) is 0 Å². The van der Waals surface area contributed by atoms with Gasteiger partial charge in [0.1, 0.15) is 0 Å². The minimum absolute atomic E-state index is 0. The van der Waals surface area contributed by atoms with Gasteiger partial charge in [0.2, 0.25) is 0 Å². The van der Waals surface area contributed by atoms with E-state index in [1.54, 1.807) is 11.3 Å². The molecule has 0 aliphatic heterocycles. The first kappa shape index (κ1) is 15.7. The van der Waals surface area contributed by atoms with Crippen LogP contribution in [-0.4, -0.2) is 4.98 Å². The second kappa shape index (κ2) is 6.18. The number of hydrogen-bond acceptors (Lipinski definition) is 2. The molecule has 2 aromatic rings. The molecule has 1 heterocycles. The van der Waals surface area contributed by atoms with E-state index in [4.69, 9.17) is 11.6 Å². The normalized spacial score (nSPS) is 11.1. The summed E-state index contributed by atoms with van der Waals surface area (Å²) in [6, 6.07) is 7.95. The fraction of sp³-hybridized carbons (Fsp3) is 0.357. The Hall–Kier alpha value is -0.380. The van der Waals surface area contributed by atoms with Gasteiger partial charge in [-0.15, -0.1) is 11.3 Å². The summed E-state index contributed by atoms with van der Waals surface area (Å²) in [5, 5.41) is 4.09. The van der Waals surface area contributed by atoms with Crippen LogP contribution >= 0.6 is 22.9 Å². The SMILES string of the molecule is CC(C)(C)c1csc(Cc2ccccc2Cl)n1.[Br-]. The number of rotatable bonds is 2. The summed E-state index contributed by atoms with van der Waals surface area (Å²) in [6.07, 6.45) is 0.820. The number of aromatic nitrogens is 1. The standard InChI is InChI=1S/C14H16ClNS.BrH/c1-14(2,3)12-9-17-13(16-12)8-10-6-4-5-7-11(10)15;/h4-7,9H,8H2,1-3H3;1H/p-1. The average molecular weight is 346 g/mol. The van der Waals surface area contributed by atoms with Crippen LogP contribution in [-0.2, 0) is 11.8 Å². The highest BCUT2D eigenvalue weighted by molar-refractivity contribution is 7.09. The maximum absolute atomic E-state index is 6.15. The summed E-state index contributed by atoms with van der Waals surface area (Å²) in [5.74, 6) is 0. The van der Waals surface area contributed by atoms with Gasteiger partial charge in [-0.1, -0.05) is 50.6 Å². The minimum Gasteiger partial charge on any atom is -1.00 e. The van der Waals surface area contributed by atoms with E-state index < -0.39 is 0 Å². The van der Waals surface area contributed by atoms with Crippen molar-refractivity contribution in [1.29, 1.82) is 0 Å². The fourth-order valence-electron chi connectivity index (χ4n) is 1.54. The third-order valence-electron chi connectivity index (χ3n) is 2.62. The fourth-order valence-corrected chi connectivity index (χ4v) is 2.79. The molecule has 98 valence electrons. The molecular weight excluding hydrogens is 330 g/mol. The lowest BCUT2D eigenvalue weighted by Gasteiger charge is -2.14. The van der Waals surface area contributed by atoms with Crippen molar-refractivity contribution in [2.45, 2.75) is 32.6 Å². The van der Waals surface area contributed by atoms with Crippen molar-refractivity contribution in [2.24, 2.45) is 0 Å². The molecule has 0 aliphatic carbocycles. The summed E-state index contributed by atoms with van der Waals surface area (Å²) in [5.41, 5.74) is 2.42. The van der Waals surface area contributed by atoms with Gasteiger partial charge >= 0.3 is 0 Å². The Bertz CT molecular complexity index is 517. The summed E-state index contributed by atoms with van der Waals surface area (Å²) < 4.78 is 0. The Morgan fingerprint density at radius 1 is 1.22 bits per heavy atom. The zero-order valence-corrected chi connectivity index (χ0v) is 13.9. The molecule has 0 spiro atoms. The zero-order chi connectivity index (χ0) is 12.5. The molecule has 0 bridgehead atoms. The van der Waals surface area contributed by atoms with Crippen LogP contribution in [0.3, 0.4) is 0 Å². The average Bonchev–Trinajstić information content (AvgIpc) is 2.69. The van der Waals surface area contributed by atoms with Crippen molar-refractivity contribution < 1.29 is 17.0 Å². The highest BCUT2D eigenvalue weighted by atomic mass is 79.9. The molecule has 1 nitrogen and oxygen atoms in total. The van der Waals surface area contributed by atoms with E-state index in [2.05, 4.69) is 37.2 Å². The second-order valence-corrected chi connectivity index (χ2v) is 6.49. The van der Waals surface area contributed by atoms with Crippen LogP contribution in [0.2, 0.25) is 5.02 Å². The van der Waals surface area contributed by atoms with Crippen LogP contribution in [0.1, 0.15) is 37.0 Å². The summed E-state index contributed by atoms with van der Waals surface area (Å²) in [4.78, 5) is 4.68. The topological polar surface area (TPSA) is 12.9 Å². The van der Waals surface area contributed by atoms with Crippen LogP contribution < -0.4 is 17.0 Å². The van der Waals surface area contributed by atoms with Crippen molar-refractivity contribution in [3.63, 3.8) is 0 Å². The van der Waals surface area contributed by atoms with Gasteiger partial charge in [0.05, 0.1) is 10.7 Å². The van der Waals surface area contributed by atoms with Crippen LogP contribution in [0.5, 0.6) is 0 Å². The zero-order valence-electron chi connectivity index (χ0n) is 10.7. The minimum atomic E-state index is 0. The molecule has 0 saturated heterocycles. The van der Waals surface area contributed by atoms with Crippen LogP contribution in [0.25, 0.3) is 0 Å². The number of halogens is 2. The first-order chi connectivity index (χ1) is 7.97. The molecule has 0 unspecified atom stereocenters. The van der Waals surface area contributed by atoms with E-state index >= 15 is 0 Å². The Morgan fingerprint density at radius 3 is 2.44 bits per heavy atom. The van der Waals surface area contributed by atoms with Crippen LogP contribution in [0.15, 0.2) is 29.6 Å². The largest absolute Gasteiger partial charge is 1.00 e. The van der Waals surface area contributed by atoms with Gasteiger partial charge in [-0.25, -0.2) is 4.98 Å². The molecule has 18 heavy (non-hydrogen) atoms. The first-order valence-electron chi connectivity index (χ1n) is 5.65. The van der Waals surface area contributed by atoms with E-state index in [1.165, 1.54) is 0 Å². The predicted octanol–water partition coefficient (Wildman–Crippen LogP) is 1.69. The number of benzene rings is 1. The van der Waals surface area contributed by atoms with Gasteiger partial charge in [-0.05, 0) is 11.6 Å². The molecule has 1 aromatic heterocycles. The summed E-state index contributed by atoms with van der Waals surface area (Å²) in [7, 11) is 0. The molecule has 0 fully saturated rings. The van der Waals surface area contributed by atoms with Gasteiger partial charge in [0, 0.05) is 22.2 Å². The Kier molecular flexibility index (Phi) is 5.38. The highest BCUT2D eigenvalue weighted by Crippen LogP contribution is 2.26. The van der Waals surface area contributed by atoms with Crippen molar-refractivity contribution in [3.05, 3.63) is 50.9 Å². The molecule has 0 amide bonds. The molecule has 0 radical (unpaired) electrons. The van der Waals surface area contributed by atoms with Gasteiger partial charge < -0.3 is 17.0 Å². The van der Waals surface area contributed by atoms with E-state index in [9.17, 15) is 0 Å². The Balaban J connectivity index is 0.00000162. The molecule has 4 heteroatoms. The Morgan fingerprint density at radius 2 is 1.89 bits per heavy atom. The van der Waals surface area contributed by atoms with Crippen molar-refractivity contribution in [3.8, 4) is 0 Å². The molecule has 0 atom stereocenters. The maximum Gasteiger partial charge on any atom is 0.0972 e. The highest BCUT2D eigenvalue weighted by Gasteiger charge is 2.17. The lowest BCUT2D eigenvalue weighted by molar-refractivity contribution is -0.00000381. The van der Waals surface area contributed by atoms with Crippen LogP contribution in [0.4, 0.5) is 0 Å². The van der Waals surface area contributed by atoms with Gasteiger partial charge in [0.15, 0.2) is 0 Å². The third kappa shape index (κ3) is 3.81. The van der Waals surface area contributed by atoms with E-state index in [0.717, 1.165) is 27.7 Å². The number of thiazole rings is 1. The summed E-state index contributed by atoms with van der Waals surface area (Å²) in [6.45, 7) is 6.55. The number of nitrogens with zero attached hydrogens (tertiary/aromatic N) is 1. The van der Waals surface area contributed by atoms with Crippen molar-refractivity contribution in [1.82, 2.24) is 4.98 Å². The lowest BCUT2D eigenvalue weighted by Crippen LogP contribution is -3.00. The van der Waals surface area contributed by atoms with Gasteiger partial charge in [-0.2, -0.15) is 0 Å². The number of hydrogen-bond donors (Lipinski definition) is 0. The first-order valence-corrected chi connectivity index (χ1v) is 6.91. The summed E-state index contributed by atoms with van der Waals surface area (Å²) >= 11 is 7.86. The molecule has 1 aromatic carbocycles. The monoisotopic (exact) mass is 344 g/mol. The smallest absolute Gasteiger partial charge is 0.0972 e. The molecular formula is C14H16BrClNS-. The van der Waals surface area contributed by atoms with Gasteiger partial charge in [0.25, 0.3) is 0 Å². The lowest BCUT2D eigenvalue weighted by atomic mass is 9.93. The Labute approximate surface area is 128 Å². The molecule has 0 N–H and O–H groups in total. The van der Waals surface area contributed by atoms with Crippen molar-refractivity contribution >= 4 is 22.9 Å². The van der Waals surface area contributed by atoms with Crippen LogP contribution in [0, 0.1) is 0 Å². The van der Waals surface area contributed by atoms with E-state index in [1.807, 2.05) is 18.2 Å². The molecule has 0 aliphatic rings. The second-order valence-electron chi connectivity index (χ2n) is 5.14. The quantitative estimate of drug-likeness (QED) is 0.807. The third-order valence-corrected chi connectivity index (χ3v) is 3.84. The molecule has 0 saturated carbocycles. The van der Waals surface area contributed by atoms with E-state index in [-0.39, 0.29) is 22.4 Å². The molecule has 2 rings (SSSR count).